The van der Waals surface area contributed by atoms with Gasteiger partial charge in [-0.3, -0.25) is 4.79 Å². The number of rotatable bonds is 5. The lowest BCUT2D eigenvalue weighted by atomic mass is 10.2. The normalized spacial score (nSPS) is 10.6. The van der Waals surface area contributed by atoms with Gasteiger partial charge in [0.25, 0.3) is 0 Å². The highest BCUT2D eigenvalue weighted by atomic mass is 79.9. The molecular weight excluding hydrogens is 368 g/mol. The van der Waals surface area contributed by atoms with Crippen molar-refractivity contribution < 1.29 is 9.21 Å². The van der Waals surface area contributed by atoms with Crippen LogP contribution in [0.1, 0.15) is 17.9 Å². The van der Waals surface area contributed by atoms with E-state index in [1.807, 2.05) is 55.5 Å². The van der Waals surface area contributed by atoms with Crippen LogP contribution in [0.15, 0.2) is 63.6 Å². The summed E-state index contributed by atoms with van der Waals surface area (Å²) < 4.78 is 6.73. The van der Waals surface area contributed by atoms with E-state index in [-0.39, 0.29) is 5.91 Å². The number of halogens is 1. The Kier molecular flexibility index (Phi) is 5.11. The van der Waals surface area contributed by atoms with E-state index in [2.05, 4.69) is 26.2 Å². The van der Waals surface area contributed by atoms with Gasteiger partial charge in [-0.2, -0.15) is 0 Å². The van der Waals surface area contributed by atoms with Crippen molar-refractivity contribution in [1.82, 2.24) is 4.98 Å². The summed E-state index contributed by atoms with van der Waals surface area (Å²) in [5, 5.41) is 2.87. The zero-order valence-electron chi connectivity index (χ0n) is 13.3. The largest absolute Gasteiger partial charge is 0.441 e. The van der Waals surface area contributed by atoms with Gasteiger partial charge in [0.2, 0.25) is 5.91 Å². The molecule has 5 heteroatoms. The first-order valence-corrected chi connectivity index (χ1v) is 8.46. The van der Waals surface area contributed by atoms with E-state index in [1.165, 1.54) is 0 Å². The van der Waals surface area contributed by atoms with Crippen LogP contribution in [0.2, 0.25) is 0 Å². The Morgan fingerprint density at radius 1 is 1.12 bits per heavy atom. The molecule has 0 bridgehead atoms. The van der Waals surface area contributed by atoms with Gasteiger partial charge >= 0.3 is 0 Å². The van der Waals surface area contributed by atoms with Crippen LogP contribution in [-0.4, -0.2) is 10.9 Å². The molecule has 0 atom stereocenters. The summed E-state index contributed by atoms with van der Waals surface area (Å²) in [5.41, 5.74) is 2.92. The maximum atomic E-state index is 12.0. The first-order chi connectivity index (χ1) is 11.6. The highest BCUT2D eigenvalue weighted by molar-refractivity contribution is 9.10. The third kappa shape index (κ3) is 4.32. The lowest BCUT2D eigenvalue weighted by Gasteiger charge is -2.04. The van der Waals surface area contributed by atoms with Crippen molar-refractivity contribution in [2.45, 2.75) is 19.8 Å². The number of aryl methyl sites for hydroxylation is 2. The zero-order chi connectivity index (χ0) is 16.9. The minimum absolute atomic E-state index is 0.0535. The Bertz CT molecular complexity index is 823. The number of hydrogen-bond donors (Lipinski definition) is 1. The van der Waals surface area contributed by atoms with Crippen LogP contribution < -0.4 is 5.32 Å². The summed E-state index contributed by atoms with van der Waals surface area (Å²) in [7, 11) is 0. The molecule has 1 heterocycles. The van der Waals surface area contributed by atoms with Crippen LogP contribution in [0.5, 0.6) is 0 Å². The predicted octanol–water partition coefficient (Wildman–Crippen LogP) is 4.98. The van der Waals surface area contributed by atoms with E-state index in [0.717, 1.165) is 21.3 Å². The Balaban J connectivity index is 1.56. The Labute approximate surface area is 149 Å². The molecule has 0 unspecified atom stereocenters. The van der Waals surface area contributed by atoms with Crippen molar-refractivity contribution in [1.29, 1.82) is 0 Å². The summed E-state index contributed by atoms with van der Waals surface area (Å²) in [6.45, 7) is 2.01. The fourth-order valence-corrected chi connectivity index (χ4v) is 2.52. The number of aromatic nitrogens is 1. The Morgan fingerprint density at radius 3 is 2.54 bits per heavy atom. The number of anilines is 1. The molecule has 0 aliphatic carbocycles. The van der Waals surface area contributed by atoms with Crippen molar-refractivity contribution in [2.24, 2.45) is 0 Å². The van der Waals surface area contributed by atoms with E-state index in [1.54, 1.807) is 6.20 Å². The maximum Gasteiger partial charge on any atom is 0.224 e. The highest BCUT2D eigenvalue weighted by Crippen LogP contribution is 2.23. The standard InChI is InChI=1S/C19H17BrN2O2/c1-13-2-8-16(9-3-13)22-18(23)10-11-19-21-12-17(24-19)14-4-6-15(20)7-5-14/h2-9,12H,10-11H2,1H3,(H,22,23). The van der Waals surface area contributed by atoms with Crippen molar-refractivity contribution in [3.05, 3.63) is 70.7 Å². The molecule has 1 amide bonds. The number of nitrogens with zero attached hydrogens (tertiary/aromatic N) is 1. The van der Waals surface area contributed by atoms with Gasteiger partial charge in [0.15, 0.2) is 11.7 Å². The van der Waals surface area contributed by atoms with Gasteiger partial charge in [-0.25, -0.2) is 4.98 Å². The number of amides is 1. The molecule has 0 spiro atoms. The van der Waals surface area contributed by atoms with Crippen LogP contribution in [0.25, 0.3) is 11.3 Å². The van der Waals surface area contributed by atoms with E-state index in [9.17, 15) is 4.79 Å². The number of nitrogens with one attached hydrogen (secondary N) is 1. The molecule has 0 radical (unpaired) electrons. The molecule has 0 saturated carbocycles. The van der Waals surface area contributed by atoms with Crippen LogP contribution in [-0.2, 0) is 11.2 Å². The summed E-state index contributed by atoms with van der Waals surface area (Å²) in [6.07, 6.45) is 2.48. The van der Waals surface area contributed by atoms with Crippen molar-refractivity contribution in [2.75, 3.05) is 5.32 Å². The van der Waals surface area contributed by atoms with Crippen molar-refractivity contribution >= 4 is 27.5 Å². The molecule has 0 saturated heterocycles. The number of hydrogen-bond acceptors (Lipinski definition) is 3. The van der Waals surface area contributed by atoms with Gasteiger partial charge in [-0.05, 0) is 31.2 Å². The van der Waals surface area contributed by atoms with Crippen molar-refractivity contribution in [3.63, 3.8) is 0 Å². The second kappa shape index (κ2) is 7.45. The molecular formula is C19H17BrN2O2. The highest BCUT2D eigenvalue weighted by Gasteiger charge is 2.09. The van der Waals surface area contributed by atoms with E-state index in [4.69, 9.17) is 4.42 Å². The molecule has 1 aromatic heterocycles. The average Bonchev–Trinajstić information content (AvgIpc) is 3.05. The second-order valence-electron chi connectivity index (χ2n) is 5.54. The summed E-state index contributed by atoms with van der Waals surface area (Å²) in [4.78, 5) is 16.2. The quantitative estimate of drug-likeness (QED) is 0.674. The zero-order valence-corrected chi connectivity index (χ0v) is 14.8. The fraction of sp³-hybridized carbons (Fsp3) is 0.158. The number of carbonyl (C=O) groups is 1. The Morgan fingerprint density at radius 2 is 1.83 bits per heavy atom. The lowest BCUT2D eigenvalue weighted by Crippen LogP contribution is -2.12. The topological polar surface area (TPSA) is 55.1 Å². The monoisotopic (exact) mass is 384 g/mol. The SMILES string of the molecule is Cc1ccc(NC(=O)CCc2ncc(-c3ccc(Br)cc3)o2)cc1. The average molecular weight is 385 g/mol. The van der Waals surface area contributed by atoms with Crippen LogP contribution in [0, 0.1) is 6.92 Å². The lowest BCUT2D eigenvalue weighted by molar-refractivity contribution is -0.116. The van der Waals surface area contributed by atoms with Crippen molar-refractivity contribution in [3.8, 4) is 11.3 Å². The predicted molar refractivity (Wildman–Crippen MR) is 97.8 cm³/mol. The van der Waals surface area contributed by atoms with Gasteiger partial charge in [0.05, 0.1) is 6.20 Å². The maximum absolute atomic E-state index is 12.0. The van der Waals surface area contributed by atoms with Crippen LogP contribution in [0.3, 0.4) is 0 Å². The minimum Gasteiger partial charge on any atom is -0.441 e. The molecule has 0 aliphatic heterocycles. The number of carbonyl (C=O) groups excluding carboxylic acids is 1. The second-order valence-corrected chi connectivity index (χ2v) is 6.46. The van der Waals surface area contributed by atoms with Crippen LogP contribution in [0.4, 0.5) is 5.69 Å². The number of oxazole rings is 1. The fourth-order valence-electron chi connectivity index (χ4n) is 2.25. The molecule has 0 aliphatic rings. The van der Waals surface area contributed by atoms with E-state index in [0.29, 0.717) is 24.5 Å². The summed E-state index contributed by atoms with van der Waals surface area (Å²) in [5.74, 6) is 1.21. The van der Waals surface area contributed by atoms with Gasteiger partial charge in [-0.15, -0.1) is 0 Å². The molecule has 4 nitrogen and oxygen atoms in total. The van der Waals surface area contributed by atoms with Crippen LogP contribution >= 0.6 is 15.9 Å². The van der Waals surface area contributed by atoms with E-state index < -0.39 is 0 Å². The molecule has 2 aromatic carbocycles. The first-order valence-electron chi connectivity index (χ1n) is 7.67. The third-order valence-corrected chi connectivity index (χ3v) is 4.11. The van der Waals surface area contributed by atoms with Gasteiger partial charge in [-0.1, -0.05) is 45.8 Å². The van der Waals surface area contributed by atoms with Gasteiger partial charge in [0.1, 0.15) is 0 Å². The molecule has 24 heavy (non-hydrogen) atoms. The smallest absolute Gasteiger partial charge is 0.224 e. The minimum atomic E-state index is -0.0535. The molecule has 122 valence electrons. The first kappa shape index (κ1) is 16.5. The molecule has 3 aromatic rings. The van der Waals surface area contributed by atoms with Gasteiger partial charge in [0, 0.05) is 28.6 Å². The van der Waals surface area contributed by atoms with Gasteiger partial charge < -0.3 is 9.73 Å². The summed E-state index contributed by atoms with van der Waals surface area (Å²) in [6, 6.07) is 15.5. The third-order valence-electron chi connectivity index (χ3n) is 3.58. The Hall–Kier alpha value is -2.40. The summed E-state index contributed by atoms with van der Waals surface area (Å²) >= 11 is 3.40. The molecule has 1 N–H and O–H groups in total. The molecule has 0 fully saturated rings. The number of benzene rings is 2. The molecule has 3 rings (SSSR count). The van der Waals surface area contributed by atoms with E-state index >= 15 is 0 Å².